The van der Waals surface area contributed by atoms with Gasteiger partial charge in [-0.2, -0.15) is 0 Å². The summed E-state index contributed by atoms with van der Waals surface area (Å²) in [6, 6.07) is 5.55. The number of anilines is 1. The number of benzene rings is 1. The lowest BCUT2D eigenvalue weighted by Crippen LogP contribution is -2.36. The van der Waals surface area contributed by atoms with Gasteiger partial charge in [0, 0.05) is 19.6 Å². The van der Waals surface area contributed by atoms with Crippen molar-refractivity contribution >= 4 is 11.7 Å². The van der Waals surface area contributed by atoms with Gasteiger partial charge in [-0.15, -0.1) is 0 Å². The Morgan fingerprint density at radius 3 is 3.12 bits per heavy atom. The van der Waals surface area contributed by atoms with E-state index in [4.69, 9.17) is 4.74 Å². The first-order valence-corrected chi connectivity index (χ1v) is 8.06. The smallest absolute Gasteiger partial charge is 0.338 e. The van der Waals surface area contributed by atoms with Crippen molar-refractivity contribution in [3.05, 3.63) is 53.4 Å². The molecule has 0 aliphatic carbocycles. The van der Waals surface area contributed by atoms with Crippen molar-refractivity contribution in [1.29, 1.82) is 0 Å². The standard InChI is InChI=1S/C17H22N4O3/c1-2-24-17(22)13-6-7-15-14(11-13)12-20(19-15)10-8-18-16-5-3-4-9-21(16)23/h3-7,11,18-19,23H,2,8-10,12H2,1H3. The lowest BCUT2D eigenvalue weighted by atomic mass is 10.1. The van der Waals surface area contributed by atoms with Gasteiger partial charge in [-0.3, -0.25) is 5.21 Å². The van der Waals surface area contributed by atoms with E-state index in [-0.39, 0.29) is 5.97 Å². The van der Waals surface area contributed by atoms with E-state index in [0.717, 1.165) is 17.8 Å². The zero-order valence-corrected chi connectivity index (χ0v) is 13.7. The third-order valence-corrected chi connectivity index (χ3v) is 3.89. The Bertz CT molecular complexity index is 672. The largest absolute Gasteiger partial charge is 0.462 e. The summed E-state index contributed by atoms with van der Waals surface area (Å²) < 4.78 is 5.03. The fourth-order valence-electron chi connectivity index (χ4n) is 2.70. The zero-order valence-electron chi connectivity index (χ0n) is 13.7. The third kappa shape index (κ3) is 3.69. The predicted octanol–water partition coefficient (Wildman–Crippen LogP) is 1.70. The summed E-state index contributed by atoms with van der Waals surface area (Å²) in [5, 5.41) is 16.2. The molecule has 3 N–H and O–H groups in total. The Kier molecular flexibility index (Phi) is 5.02. The Hall–Kier alpha value is -2.51. The molecule has 24 heavy (non-hydrogen) atoms. The molecule has 7 nitrogen and oxygen atoms in total. The second-order valence-corrected chi connectivity index (χ2v) is 5.61. The van der Waals surface area contributed by atoms with Gasteiger partial charge in [-0.25, -0.2) is 14.9 Å². The minimum absolute atomic E-state index is 0.291. The molecule has 3 rings (SSSR count). The first-order chi connectivity index (χ1) is 11.7. The van der Waals surface area contributed by atoms with Gasteiger partial charge < -0.3 is 15.5 Å². The zero-order chi connectivity index (χ0) is 16.9. The highest BCUT2D eigenvalue weighted by Crippen LogP contribution is 2.26. The molecule has 0 saturated carbocycles. The fourth-order valence-corrected chi connectivity index (χ4v) is 2.70. The summed E-state index contributed by atoms with van der Waals surface area (Å²) in [5.74, 6) is 0.402. The lowest BCUT2D eigenvalue weighted by Gasteiger charge is -2.23. The maximum atomic E-state index is 11.8. The molecule has 0 aromatic heterocycles. The van der Waals surface area contributed by atoms with Crippen molar-refractivity contribution in [2.24, 2.45) is 0 Å². The number of carbonyl (C=O) groups is 1. The highest BCUT2D eigenvalue weighted by atomic mass is 16.5. The van der Waals surface area contributed by atoms with E-state index in [9.17, 15) is 10.0 Å². The second-order valence-electron chi connectivity index (χ2n) is 5.61. The van der Waals surface area contributed by atoms with Gasteiger partial charge in [0.05, 0.1) is 24.4 Å². The highest BCUT2D eigenvalue weighted by molar-refractivity contribution is 5.90. The van der Waals surface area contributed by atoms with Gasteiger partial charge in [0.1, 0.15) is 5.82 Å². The van der Waals surface area contributed by atoms with Crippen LogP contribution in [0.15, 0.2) is 42.2 Å². The van der Waals surface area contributed by atoms with E-state index in [1.165, 1.54) is 5.06 Å². The molecule has 2 heterocycles. The van der Waals surface area contributed by atoms with Crippen molar-refractivity contribution in [2.45, 2.75) is 13.5 Å². The molecule has 0 atom stereocenters. The Balaban J connectivity index is 1.52. The van der Waals surface area contributed by atoms with Gasteiger partial charge in [-0.05, 0) is 36.8 Å². The number of allylic oxidation sites excluding steroid dienone is 2. The highest BCUT2D eigenvalue weighted by Gasteiger charge is 2.20. The number of ether oxygens (including phenoxy) is 1. The monoisotopic (exact) mass is 330 g/mol. The molecule has 0 radical (unpaired) electrons. The minimum Gasteiger partial charge on any atom is -0.462 e. The van der Waals surface area contributed by atoms with Crippen LogP contribution in [0.5, 0.6) is 0 Å². The number of nitrogens with zero attached hydrogens (tertiary/aromatic N) is 2. The first kappa shape index (κ1) is 16.4. The summed E-state index contributed by atoms with van der Waals surface area (Å²) in [6.07, 6.45) is 5.63. The van der Waals surface area contributed by atoms with E-state index in [1.54, 1.807) is 13.0 Å². The molecule has 2 aliphatic rings. The molecule has 0 bridgehead atoms. The number of rotatable bonds is 6. The summed E-state index contributed by atoms with van der Waals surface area (Å²) in [4.78, 5) is 11.8. The molecule has 1 aromatic rings. The van der Waals surface area contributed by atoms with Crippen LogP contribution in [0.1, 0.15) is 22.8 Å². The fraction of sp³-hybridized carbons (Fsp3) is 0.353. The number of hydrogen-bond acceptors (Lipinski definition) is 7. The molecular weight excluding hydrogens is 308 g/mol. The van der Waals surface area contributed by atoms with Crippen molar-refractivity contribution in [3.63, 3.8) is 0 Å². The van der Waals surface area contributed by atoms with E-state index in [1.807, 2.05) is 30.4 Å². The molecule has 2 aliphatic heterocycles. The van der Waals surface area contributed by atoms with Crippen LogP contribution in [0.25, 0.3) is 0 Å². The van der Waals surface area contributed by atoms with Crippen LogP contribution >= 0.6 is 0 Å². The van der Waals surface area contributed by atoms with Gasteiger partial charge in [-0.1, -0.05) is 12.2 Å². The SMILES string of the molecule is CCOC(=O)c1ccc2c(c1)CN(CCNC1=CC=CCN1O)N2. The number of hydrazine groups is 1. The number of hydrogen-bond donors (Lipinski definition) is 3. The Morgan fingerprint density at radius 2 is 2.33 bits per heavy atom. The van der Waals surface area contributed by atoms with Crippen molar-refractivity contribution in [1.82, 2.24) is 15.4 Å². The van der Waals surface area contributed by atoms with E-state index in [0.29, 0.717) is 37.6 Å². The average molecular weight is 330 g/mol. The van der Waals surface area contributed by atoms with Gasteiger partial charge in [0.2, 0.25) is 0 Å². The second kappa shape index (κ2) is 7.37. The maximum absolute atomic E-state index is 11.8. The van der Waals surface area contributed by atoms with E-state index in [2.05, 4.69) is 15.8 Å². The average Bonchev–Trinajstić information content (AvgIpc) is 2.98. The summed E-state index contributed by atoms with van der Waals surface area (Å²) in [5.41, 5.74) is 5.97. The lowest BCUT2D eigenvalue weighted by molar-refractivity contribution is -0.0524. The summed E-state index contributed by atoms with van der Waals surface area (Å²) in [7, 11) is 0. The molecule has 1 aromatic carbocycles. The summed E-state index contributed by atoms with van der Waals surface area (Å²) in [6.45, 7) is 4.81. The van der Waals surface area contributed by atoms with Crippen LogP contribution in [0.4, 0.5) is 5.69 Å². The van der Waals surface area contributed by atoms with Crippen molar-refractivity contribution in [3.8, 4) is 0 Å². The normalized spacial score (nSPS) is 16.4. The van der Waals surface area contributed by atoms with Crippen LogP contribution < -0.4 is 10.7 Å². The molecule has 7 heteroatoms. The van der Waals surface area contributed by atoms with Crippen LogP contribution in [0.2, 0.25) is 0 Å². The van der Waals surface area contributed by atoms with Crippen LogP contribution in [0, 0.1) is 0 Å². The Labute approximate surface area is 141 Å². The van der Waals surface area contributed by atoms with E-state index < -0.39 is 0 Å². The quantitative estimate of drug-likeness (QED) is 0.685. The molecule has 0 spiro atoms. The molecular formula is C17H22N4O3. The topological polar surface area (TPSA) is 77.1 Å². The van der Waals surface area contributed by atoms with Crippen LogP contribution in [-0.4, -0.2) is 47.5 Å². The van der Waals surface area contributed by atoms with Crippen LogP contribution in [0.3, 0.4) is 0 Å². The van der Waals surface area contributed by atoms with Gasteiger partial charge in [0.25, 0.3) is 0 Å². The molecule has 0 saturated heterocycles. The summed E-state index contributed by atoms with van der Waals surface area (Å²) >= 11 is 0. The molecule has 0 unspecified atom stereocenters. The number of nitrogens with one attached hydrogen (secondary N) is 2. The number of hydroxylamine groups is 2. The number of carbonyl (C=O) groups excluding carboxylic acids is 1. The minimum atomic E-state index is -0.291. The molecule has 0 fully saturated rings. The van der Waals surface area contributed by atoms with Crippen LogP contribution in [-0.2, 0) is 11.3 Å². The molecule has 128 valence electrons. The van der Waals surface area contributed by atoms with E-state index >= 15 is 0 Å². The van der Waals surface area contributed by atoms with Gasteiger partial charge >= 0.3 is 5.97 Å². The number of esters is 1. The Morgan fingerprint density at radius 1 is 1.46 bits per heavy atom. The van der Waals surface area contributed by atoms with Crippen molar-refractivity contribution < 1.29 is 14.7 Å². The maximum Gasteiger partial charge on any atom is 0.338 e. The third-order valence-electron chi connectivity index (χ3n) is 3.89. The molecule has 0 amide bonds. The number of fused-ring (bicyclic) bond motifs is 1. The van der Waals surface area contributed by atoms with Crippen molar-refractivity contribution in [2.75, 3.05) is 31.7 Å². The first-order valence-electron chi connectivity index (χ1n) is 8.06. The predicted molar refractivity (Wildman–Crippen MR) is 90.1 cm³/mol. The van der Waals surface area contributed by atoms with Gasteiger partial charge in [0.15, 0.2) is 0 Å².